The molecular formula is C23H16ClF3N2OS2. The zero-order valence-corrected chi connectivity index (χ0v) is 18.9. The minimum atomic E-state index is -4.51. The Balaban J connectivity index is 1.67. The van der Waals surface area contributed by atoms with Crippen molar-refractivity contribution in [3.05, 3.63) is 93.7 Å². The molecule has 0 aliphatic rings. The van der Waals surface area contributed by atoms with Crippen LogP contribution in [0.2, 0.25) is 5.02 Å². The molecule has 4 aromatic rings. The zero-order chi connectivity index (χ0) is 22.7. The Morgan fingerprint density at radius 3 is 2.38 bits per heavy atom. The van der Waals surface area contributed by atoms with Crippen molar-refractivity contribution in [1.29, 1.82) is 0 Å². The number of thioether (sulfide) groups is 2. The number of halogens is 4. The number of hydrogen-bond donors (Lipinski definition) is 0. The summed E-state index contributed by atoms with van der Waals surface area (Å²) in [4.78, 5) is 18.8. The molecule has 0 aliphatic carbocycles. The maximum Gasteiger partial charge on any atom is 0.416 e. The van der Waals surface area contributed by atoms with E-state index in [4.69, 9.17) is 11.6 Å². The summed E-state index contributed by atoms with van der Waals surface area (Å²) in [6.07, 6.45) is -4.51. The minimum absolute atomic E-state index is 0.135. The van der Waals surface area contributed by atoms with E-state index >= 15 is 0 Å². The highest BCUT2D eigenvalue weighted by atomic mass is 35.5. The normalized spacial score (nSPS) is 11.8. The first-order chi connectivity index (χ1) is 15.3. The molecule has 0 fully saturated rings. The topological polar surface area (TPSA) is 34.9 Å². The van der Waals surface area contributed by atoms with E-state index in [-0.39, 0.29) is 5.69 Å². The van der Waals surface area contributed by atoms with Crippen molar-refractivity contribution in [3.63, 3.8) is 0 Å². The van der Waals surface area contributed by atoms with E-state index in [9.17, 15) is 18.0 Å². The van der Waals surface area contributed by atoms with Crippen molar-refractivity contribution >= 4 is 46.0 Å². The molecule has 0 amide bonds. The van der Waals surface area contributed by atoms with E-state index in [0.29, 0.717) is 26.8 Å². The second-order valence-corrected chi connectivity index (χ2v) is 9.42. The predicted molar refractivity (Wildman–Crippen MR) is 125 cm³/mol. The molecule has 0 spiro atoms. The van der Waals surface area contributed by atoms with Gasteiger partial charge in [0, 0.05) is 21.4 Å². The first-order valence-corrected chi connectivity index (χ1v) is 11.9. The summed E-state index contributed by atoms with van der Waals surface area (Å²) in [7, 11) is 0. The summed E-state index contributed by atoms with van der Waals surface area (Å²) in [5, 5.41) is 1.36. The molecule has 0 saturated carbocycles. The third-order valence-corrected chi connectivity index (χ3v) is 7.04. The third-order valence-electron chi connectivity index (χ3n) is 4.57. The number of benzene rings is 3. The van der Waals surface area contributed by atoms with Gasteiger partial charge in [0.15, 0.2) is 5.16 Å². The van der Waals surface area contributed by atoms with Crippen LogP contribution in [0.4, 0.5) is 13.2 Å². The van der Waals surface area contributed by atoms with Crippen LogP contribution in [-0.4, -0.2) is 21.1 Å². The Bertz CT molecular complexity index is 1310. The maximum absolute atomic E-state index is 13.3. The molecule has 0 unspecified atom stereocenters. The summed E-state index contributed by atoms with van der Waals surface area (Å²) < 4.78 is 41.0. The van der Waals surface area contributed by atoms with Crippen LogP contribution in [-0.2, 0) is 6.18 Å². The molecule has 9 heteroatoms. The standard InChI is InChI=1S/C23H16ClF3N2OS2/c24-16-8-10-18(11-9-16)31-12-13-32-22-28-20-7-2-1-6-19(20)21(30)29(22)17-5-3-4-15(14-17)23(25,26)27/h1-11,14H,12-13H2. The van der Waals surface area contributed by atoms with Gasteiger partial charge in [0.25, 0.3) is 5.56 Å². The molecule has 164 valence electrons. The first kappa shape index (κ1) is 22.8. The highest BCUT2D eigenvalue weighted by molar-refractivity contribution is 8.02. The Hall–Kier alpha value is -2.42. The van der Waals surface area contributed by atoms with Gasteiger partial charge in [-0.2, -0.15) is 13.2 Å². The van der Waals surface area contributed by atoms with Crippen molar-refractivity contribution in [3.8, 4) is 5.69 Å². The fourth-order valence-corrected chi connectivity index (χ4v) is 5.10. The second kappa shape index (κ2) is 9.60. The quantitative estimate of drug-likeness (QED) is 0.166. The lowest BCUT2D eigenvalue weighted by Crippen LogP contribution is -2.22. The first-order valence-electron chi connectivity index (χ1n) is 9.53. The number of fused-ring (bicyclic) bond motifs is 1. The third kappa shape index (κ3) is 5.14. The lowest BCUT2D eigenvalue weighted by atomic mass is 10.2. The fourth-order valence-electron chi connectivity index (χ4n) is 3.08. The molecule has 1 heterocycles. The van der Waals surface area contributed by atoms with E-state index in [1.54, 1.807) is 36.0 Å². The van der Waals surface area contributed by atoms with Gasteiger partial charge in [-0.3, -0.25) is 9.36 Å². The molecule has 32 heavy (non-hydrogen) atoms. The van der Waals surface area contributed by atoms with Crippen molar-refractivity contribution in [2.45, 2.75) is 16.2 Å². The molecule has 0 atom stereocenters. The van der Waals surface area contributed by atoms with E-state index in [2.05, 4.69) is 4.98 Å². The van der Waals surface area contributed by atoms with Crippen LogP contribution in [0.15, 0.2) is 87.6 Å². The molecule has 0 N–H and O–H groups in total. The fraction of sp³-hybridized carbons (Fsp3) is 0.130. The van der Waals surface area contributed by atoms with E-state index < -0.39 is 17.3 Å². The number of aromatic nitrogens is 2. The summed E-state index contributed by atoms with van der Waals surface area (Å²) in [5.74, 6) is 1.33. The highest BCUT2D eigenvalue weighted by Crippen LogP contribution is 2.31. The van der Waals surface area contributed by atoms with Gasteiger partial charge in [0.05, 0.1) is 22.2 Å². The number of alkyl halides is 3. The van der Waals surface area contributed by atoms with Crippen LogP contribution in [0.5, 0.6) is 0 Å². The summed E-state index contributed by atoms with van der Waals surface area (Å²) in [5.41, 5.74) is -0.573. The van der Waals surface area contributed by atoms with Gasteiger partial charge in [-0.25, -0.2) is 4.98 Å². The highest BCUT2D eigenvalue weighted by Gasteiger charge is 2.30. The smallest absolute Gasteiger partial charge is 0.268 e. The summed E-state index contributed by atoms with van der Waals surface area (Å²) in [6, 6.07) is 19.0. The van der Waals surface area contributed by atoms with Gasteiger partial charge in [-0.05, 0) is 54.6 Å². The van der Waals surface area contributed by atoms with Gasteiger partial charge in [0.1, 0.15) is 0 Å². The average molecular weight is 493 g/mol. The molecule has 0 saturated heterocycles. The van der Waals surface area contributed by atoms with Crippen LogP contribution < -0.4 is 5.56 Å². The largest absolute Gasteiger partial charge is 0.416 e. The van der Waals surface area contributed by atoms with Crippen molar-refractivity contribution in [2.75, 3.05) is 11.5 Å². The van der Waals surface area contributed by atoms with Gasteiger partial charge < -0.3 is 0 Å². The van der Waals surface area contributed by atoms with Crippen LogP contribution >= 0.6 is 35.1 Å². The van der Waals surface area contributed by atoms with Crippen LogP contribution in [0, 0.1) is 0 Å². The summed E-state index contributed by atoms with van der Waals surface area (Å²) in [6.45, 7) is 0. The van der Waals surface area contributed by atoms with Crippen molar-refractivity contribution in [2.24, 2.45) is 0 Å². The monoisotopic (exact) mass is 492 g/mol. The lowest BCUT2D eigenvalue weighted by molar-refractivity contribution is -0.137. The van der Waals surface area contributed by atoms with Gasteiger partial charge in [-0.1, -0.05) is 41.6 Å². The van der Waals surface area contributed by atoms with Gasteiger partial charge in [0.2, 0.25) is 0 Å². The molecular weight excluding hydrogens is 477 g/mol. The number of nitrogens with zero attached hydrogens (tertiary/aromatic N) is 2. The van der Waals surface area contributed by atoms with Crippen LogP contribution in [0.1, 0.15) is 5.56 Å². The molecule has 4 rings (SSSR count). The Morgan fingerprint density at radius 2 is 1.62 bits per heavy atom. The lowest BCUT2D eigenvalue weighted by Gasteiger charge is -2.15. The van der Waals surface area contributed by atoms with Gasteiger partial charge >= 0.3 is 6.18 Å². The molecule has 0 aliphatic heterocycles. The Labute approximate surface area is 195 Å². The number of hydrogen-bond acceptors (Lipinski definition) is 4. The van der Waals surface area contributed by atoms with Gasteiger partial charge in [-0.15, -0.1) is 11.8 Å². The Kier molecular flexibility index (Phi) is 6.83. The molecule has 0 radical (unpaired) electrons. The average Bonchev–Trinajstić information content (AvgIpc) is 2.77. The number of para-hydroxylation sites is 1. The molecule has 3 aromatic carbocycles. The van der Waals surface area contributed by atoms with Crippen LogP contribution in [0.3, 0.4) is 0 Å². The predicted octanol–water partition coefficient (Wildman–Crippen LogP) is 6.94. The maximum atomic E-state index is 13.3. The van der Waals surface area contributed by atoms with E-state index in [1.807, 2.05) is 24.3 Å². The Morgan fingerprint density at radius 1 is 0.906 bits per heavy atom. The second-order valence-electron chi connectivity index (χ2n) is 6.75. The van der Waals surface area contributed by atoms with Crippen molar-refractivity contribution < 1.29 is 13.2 Å². The zero-order valence-electron chi connectivity index (χ0n) is 16.5. The molecule has 1 aromatic heterocycles. The minimum Gasteiger partial charge on any atom is -0.268 e. The SMILES string of the molecule is O=c1c2ccccc2nc(SCCSc2ccc(Cl)cc2)n1-c1cccc(C(F)(F)F)c1. The molecule has 3 nitrogen and oxygen atoms in total. The summed E-state index contributed by atoms with van der Waals surface area (Å²) >= 11 is 8.86. The van der Waals surface area contributed by atoms with E-state index in [1.165, 1.54) is 28.5 Å². The van der Waals surface area contributed by atoms with E-state index in [0.717, 1.165) is 22.8 Å². The number of rotatable bonds is 6. The van der Waals surface area contributed by atoms with Crippen molar-refractivity contribution in [1.82, 2.24) is 9.55 Å². The van der Waals surface area contributed by atoms with Crippen LogP contribution in [0.25, 0.3) is 16.6 Å². The molecule has 0 bridgehead atoms.